The Balaban J connectivity index is 2.04. The summed E-state index contributed by atoms with van der Waals surface area (Å²) in [7, 11) is 3.78. The summed E-state index contributed by atoms with van der Waals surface area (Å²) in [6, 6.07) is 6.37. The predicted octanol–water partition coefficient (Wildman–Crippen LogP) is 2.88. The topological polar surface area (TPSA) is 35.9 Å². The van der Waals surface area contributed by atoms with Gasteiger partial charge in [-0.3, -0.25) is 4.90 Å². The fraction of sp³-hybridized carbons (Fsp3) is 0.647. The van der Waals surface area contributed by atoms with Gasteiger partial charge in [-0.2, -0.15) is 0 Å². The standard InChI is InChI=1S/C17H28N2O2/c1-5-19-10-8-14(9-11-19)18(3)13(2)16-7-6-15(21-4)12-17(16)20/h6-7,12-14,20H,5,8-11H2,1-4H3. The molecule has 0 bridgehead atoms. The molecular weight excluding hydrogens is 264 g/mol. The zero-order valence-electron chi connectivity index (χ0n) is 13.7. The number of likely N-dealkylation sites (tertiary alicyclic amines) is 1. The Morgan fingerprint density at radius 1 is 1.38 bits per heavy atom. The molecular formula is C17H28N2O2. The van der Waals surface area contributed by atoms with Crippen LogP contribution in [0.4, 0.5) is 0 Å². The molecule has 118 valence electrons. The third-order valence-electron chi connectivity index (χ3n) is 4.88. The monoisotopic (exact) mass is 292 g/mol. The molecule has 1 aliphatic heterocycles. The molecule has 1 aromatic rings. The first kappa shape index (κ1) is 16.1. The van der Waals surface area contributed by atoms with E-state index in [4.69, 9.17) is 4.74 Å². The maximum absolute atomic E-state index is 10.2. The van der Waals surface area contributed by atoms with Crippen LogP contribution in [-0.4, -0.2) is 54.7 Å². The summed E-state index contributed by atoms with van der Waals surface area (Å²) >= 11 is 0. The molecule has 0 saturated carbocycles. The van der Waals surface area contributed by atoms with E-state index in [1.807, 2.05) is 12.1 Å². The van der Waals surface area contributed by atoms with Gasteiger partial charge in [0, 0.05) is 23.7 Å². The van der Waals surface area contributed by atoms with Crippen molar-refractivity contribution in [3.63, 3.8) is 0 Å². The maximum atomic E-state index is 10.2. The molecule has 4 nitrogen and oxygen atoms in total. The van der Waals surface area contributed by atoms with Gasteiger partial charge in [-0.1, -0.05) is 13.0 Å². The Kier molecular flexibility index (Phi) is 5.48. The second-order valence-corrected chi connectivity index (χ2v) is 5.93. The molecule has 1 aliphatic rings. The van der Waals surface area contributed by atoms with Crippen LogP contribution in [0.1, 0.15) is 38.3 Å². The second-order valence-electron chi connectivity index (χ2n) is 5.93. The zero-order chi connectivity index (χ0) is 15.4. The van der Waals surface area contributed by atoms with Gasteiger partial charge >= 0.3 is 0 Å². The van der Waals surface area contributed by atoms with Crippen molar-refractivity contribution in [3.8, 4) is 11.5 Å². The number of methoxy groups -OCH3 is 1. The molecule has 0 amide bonds. The summed E-state index contributed by atoms with van der Waals surface area (Å²) in [6.45, 7) is 7.88. The molecule has 1 fully saturated rings. The van der Waals surface area contributed by atoms with Gasteiger partial charge in [0.15, 0.2) is 0 Å². The fourth-order valence-electron chi connectivity index (χ4n) is 3.18. The Labute approximate surface area is 128 Å². The van der Waals surface area contributed by atoms with Crippen LogP contribution in [0.5, 0.6) is 11.5 Å². The third-order valence-corrected chi connectivity index (χ3v) is 4.88. The lowest BCUT2D eigenvalue weighted by atomic mass is 9.99. The van der Waals surface area contributed by atoms with Crippen LogP contribution in [0, 0.1) is 0 Å². The summed E-state index contributed by atoms with van der Waals surface area (Å²) in [5.74, 6) is 1.02. The molecule has 1 atom stereocenters. The van der Waals surface area contributed by atoms with E-state index in [1.54, 1.807) is 13.2 Å². The summed E-state index contributed by atoms with van der Waals surface area (Å²) in [6.07, 6.45) is 2.40. The number of benzene rings is 1. The lowest BCUT2D eigenvalue weighted by Gasteiger charge is -2.39. The van der Waals surface area contributed by atoms with E-state index in [0.717, 1.165) is 12.1 Å². The van der Waals surface area contributed by atoms with E-state index in [2.05, 4.69) is 30.7 Å². The van der Waals surface area contributed by atoms with Gasteiger partial charge in [0.1, 0.15) is 11.5 Å². The zero-order valence-corrected chi connectivity index (χ0v) is 13.7. The van der Waals surface area contributed by atoms with Crippen molar-refractivity contribution in [2.45, 2.75) is 38.8 Å². The van der Waals surface area contributed by atoms with Gasteiger partial charge < -0.3 is 14.7 Å². The van der Waals surface area contributed by atoms with Crippen molar-refractivity contribution in [1.29, 1.82) is 0 Å². The molecule has 21 heavy (non-hydrogen) atoms. The van der Waals surface area contributed by atoms with Gasteiger partial charge in [0.2, 0.25) is 0 Å². The number of hydrogen-bond acceptors (Lipinski definition) is 4. The van der Waals surface area contributed by atoms with Crippen LogP contribution >= 0.6 is 0 Å². The highest BCUT2D eigenvalue weighted by Gasteiger charge is 2.26. The Bertz CT molecular complexity index is 456. The van der Waals surface area contributed by atoms with Crippen LogP contribution in [0.25, 0.3) is 0 Å². The minimum absolute atomic E-state index is 0.203. The van der Waals surface area contributed by atoms with Gasteiger partial charge in [-0.25, -0.2) is 0 Å². The molecule has 1 aromatic carbocycles. The Morgan fingerprint density at radius 2 is 2.05 bits per heavy atom. The first-order chi connectivity index (χ1) is 10.1. The number of hydrogen-bond donors (Lipinski definition) is 1. The van der Waals surface area contributed by atoms with Crippen molar-refractivity contribution in [3.05, 3.63) is 23.8 Å². The fourth-order valence-corrected chi connectivity index (χ4v) is 3.18. The molecule has 0 spiro atoms. The van der Waals surface area contributed by atoms with E-state index >= 15 is 0 Å². The highest BCUT2D eigenvalue weighted by molar-refractivity contribution is 5.41. The quantitative estimate of drug-likeness (QED) is 0.905. The molecule has 0 aromatic heterocycles. The van der Waals surface area contributed by atoms with Crippen molar-refractivity contribution >= 4 is 0 Å². The minimum atomic E-state index is 0.203. The minimum Gasteiger partial charge on any atom is -0.507 e. The molecule has 0 radical (unpaired) electrons. The predicted molar refractivity (Wildman–Crippen MR) is 86.0 cm³/mol. The summed E-state index contributed by atoms with van der Waals surface area (Å²) < 4.78 is 5.15. The van der Waals surface area contributed by atoms with Crippen molar-refractivity contribution in [1.82, 2.24) is 9.80 Å². The first-order valence-electron chi connectivity index (χ1n) is 7.88. The number of nitrogens with zero attached hydrogens (tertiary/aromatic N) is 2. The van der Waals surface area contributed by atoms with Crippen molar-refractivity contribution < 1.29 is 9.84 Å². The van der Waals surface area contributed by atoms with Gasteiger partial charge in [0.25, 0.3) is 0 Å². The van der Waals surface area contributed by atoms with Crippen LogP contribution in [0.15, 0.2) is 18.2 Å². The molecule has 1 N–H and O–H groups in total. The average Bonchev–Trinajstić information content (AvgIpc) is 2.53. The normalized spacial score (nSPS) is 18.9. The highest BCUT2D eigenvalue weighted by atomic mass is 16.5. The number of piperidine rings is 1. The van der Waals surface area contributed by atoms with E-state index in [9.17, 15) is 5.11 Å². The van der Waals surface area contributed by atoms with Crippen molar-refractivity contribution in [2.75, 3.05) is 33.8 Å². The van der Waals surface area contributed by atoms with E-state index in [-0.39, 0.29) is 6.04 Å². The number of phenols is 1. The SMILES string of the molecule is CCN1CCC(N(C)C(C)c2ccc(OC)cc2O)CC1. The Hall–Kier alpha value is -1.26. The Morgan fingerprint density at radius 3 is 2.57 bits per heavy atom. The van der Waals surface area contributed by atoms with Crippen LogP contribution in [0.2, 0.25) is 0 Å². The van der Waals surface area contributed by atoms with Gasteiger partial charge in [-0.05, 0) is 52.5 Å². The smallest absolute Gasteiger partial charge is 0.124 e. The lowest BCUT2D eigenvalue weighted by molar-refractivity contribution is 0.103. The second kappa shape index (κ2) is 7.14. The van der Waals surface area contributed by atoms with E-state index in [0.29, 0.717) is 17.5 Å². The molecule has 4 heteroatoms. The average molecular weight is 292 g/mol. The number of phenolic OH excluding ortho intramolecular Hbond substituents is 1. The number of rotatable bonds is 5. The number of ether oxygens (including phenoxy) is 1. The van der Waals surface area contributed by atoms with E-state index < -0.39 is 0 Å². The molecule has 2 rings (SSSR count). The molecule has 1 saturated heterocycles. The van der Waals surface area contributed by atoms with Crippen LogP contribution < -0.4 is 4.74 Å². The highest BCUT2D eigenvalue weighted by Crippen LogP contribution is 2.33. The largest absolute Gasteiger partial charge is 0.507 e. The summed E-state index contributed by atoms with van der Waals surface area (Å²) in [5.41, 5.74) is 0.969. The van der Waals surface area contributed by atoms with Gasteiger partial charge in [0.05, 0.1) is 7.11 Å². The van der Waals surface area contributed by atoms with Gasteiger partial charge in [-0.15, -0.1) is 0 Å². The molecule has 1 heterocycles. The van der Waals surface area contributed by atoms with Crippen molar-refractivity contribution in [2.24, 2.45) is 0 Å². The summed E-state index contributed by atoms with van der Waals surface area (Å²) in [5, 5.41) is 10.2. The third kappa shape index (κ3) is 3.69. The molecule has 1 unspecified atom stereocenters. The van der Waals surface area contributed by atoms with Crippen LogP contribution in [-0.2, 0) is 0 Å². The maximum Gasteiger partial charge on any atom is 0.124 e. The first-order valence-corrected chi connectivity index (χ1v) is 7.88. The lowest BCUT2D eigenvalue weighted by Crippen LogP contribution is -2.44. The van der Waals surface area contributed by atoms with Crippen LogP contribution in [0.3, 0.4) is 0 Å². The number of aromatic hydroxyl groups is 1. The van der Waals surface area contributed by atoms with E-state index in [1.165, 1.54) is 25.9 Å². The summed E-state index contributed by atoms with van der Waals surface area (Å²) in [4.78, 5) is 4.90. The molecule has 0 aliphatic carbocycles.